The Bertz CT molecular complexity index is 442. The molecule has 0 unspecified atom stereocenters. The van der Waals surface area contributed by atoms with E-state index in [0.29, 0.717) is 5.56 Å². The molecule has 0 radical (unpaired) electrons. The summed E-state index contributed by atoms with van der Waals surface area (Å²) in [5.74, 6) is 4.91. The average Bonchev–Trinajstić information content (AvgIpc) is 2.66. The number of halogens is 1. The van der Waals surface area contributed by atoms with E-state index in [-0.39, 0.29) is 17.7 Å². The highest BCUT2D eigenvalue weighted by Crippen LogP contribution is 2.19. The molecule has 6 heteroatoms. The molecule has 1 heterocycles. The number of hydrazine groups is 1. The summed E-state index contributed by atoms with van der Waals surface area (Å²) in [5, 5.41) is 7.24. The number of nitrogen functional groups attached to an aromatic ring is 1. The smallest absolute Gasteiger partial charge is 0.330 e. The fourth-order valence-corrected chi connectivity index (χ4v) is 1.02. The SMILES string of the molecule is NNc1nnc(-c2cccc(F)c2)o1. The van der Waals surface area contributed by atoms with Crippen molar-refractivity contribution in [2.24, 2.45) is 5.84 Å². The Morgan fingerprint density at radius 1 is 1.36 bits per heavy atom. The van der Waals surface area contributed by atoms with E-state index in [0.717, 1.165) is 0 Å². The minimum atomic E-state index is -0.358. The van der Waals surface area contributed by atoms with E-state index < -0.39 is 0 Å². The quantitative estimate of drug-likeness (QED) is 0.554. The second kappa shape index (κ2) is 3.43. The van der Waals surface area contributed by atoms with E-state index in [1.54, 1.807) is 12.1 Å². The van der Waals surface area contributed by atoms with Crippen molar-refractivity contribution in [1.29, 1.82) is 0 Å². The van der Waals surface area contributed by atoms with Crippen LogP contribution < -0.4 is 11.3 Å². The lowest BCUT2D eigenvalue weighted by molar-refractivity contribution is 0.580. The summed E-state index contributed by atoms with van der Waals surface area (Å²) in [7, 11) is 0. The second-order valence-electron chi connectivity index (χ2n) is 2.57. The Morgan fingerprint density at radius 2 is 2.21 bits per heavy atom. The predicted molar refractivity (Wildman–Crippen MR) is 47.5 cm³/mol. The van der Waals surface area contributed by atoms with Crippen molar-refractivity contribution in [3.8, 4) is 11.5 Å². The molecule has 1 aromatic heterocycles. The van der Waals surface area contributed by atoms with E-state index >= 15 is 0 Å². The first-order valence-corrected chi connectivity index (χ1v) is 3.85. The van der Waals surface area contributed by atoms with Gasteiger partial charge in [-0.05, 0) is 18.2 Å². The highest BCUT2D eigenvalue weighted by molar-refractivity contribution is 5.53. The third-order valence-electron chi connectivity index (χ3n) is 1.62. The molecule has 72 valence electrons. The van der Waals surface area contributed by atoms with Crippen molar-refractivity contribution in [2.75, 3.05) is 5.43 Å². The summed E-state index contributed by atoms with van der Waals surface area (Å²) >= 11 is 0. The first-order valence-electron chi connectivity index (χ1n) is 3.85. The number of hydrogen-bond acceptors (Lipinski definition) is 5. The lowest BCUT2D eigenvalue weighted by atomic mass is 10.2. The number of benzene rings is 1. The summed E-state index contributed by atoms with van der Waals surface area (Å²) < 4.78 is 17.9. The maximum absolute atomic E-state index is 12.8. The van der Waals surface area contributed by atoms with Gasteiger partial charge in [-0.1, -0.05) is 11.2 Å². The van der Waals surface area contributed by atoms with E-state index in [4.69, 9.17) is 10.3 Å². The number of aromatic nitrogens is 2. The number of nitrogens with two attached hydrogens (primary N) is 1. The molecular weight excluding hydrogens is 187 g/mol. The third kappa shape index (κ3) is 1.55. The molecule has 0 fully saturated rings. The van der Waals surface area contributed by atoms with Crippen LogP contribution in [0, 0.1) is 5.82 Å². The number of hydrogen-bond donors (Lipinski definition) is 2. The summed E-state index contributed by atoms with van der Waals surface area (Å²) in [4.78, 5) is 0. The molecule has 3 N–H and O–H groups in total. The third-order valence-corrected chi connectivity index (χ3v) is 1.62. The van der Waals surface area contributed by atoms with Crippen molar-refractivity contribution in [3.05, 3.63) is 30.1 Å². The van der Waals surface area contributed by atoms with Gasteiger partial charge in [0, 0.05) is 5.56 Å². The zero-order valence-electron chi connectivity index (χ0n) is 7.07. The van der Waals surface area contributed by atoms with Gasteiger partial charge < -0.3 is 4.42 Å². The zero-order valence-corrected chi connectivity index (χ0v) is 7.07. The van der Waals surface area contributed by atoms with Crippen LogP contribution in [0.3, 0.4) is 0 Å². The Hall–Kier alpha value is -1.95. The minimum Gasteiger partial charge on any atom is -0.402 e. The van der Waals surface area contributed by atoms with Crippen LogP contribution in [0.1, 0.15) is 0 Å². The van der Waals surface area contributed by atoms with Gasteiger partial charge in [-0.2, -0.15) is 0 Å². The highest BCUT2D eigenvalue weighted by Gasteiger charge is 2.07. The van der Waals surface area contributed by atoms with Gasteiger partial charge in [-0.25, -0.2) is 10.2 Å². The minimum absolute atomic E-state index is 0.0873. The Balaban J connectivity index is 2.39. The van der Waals surface area contributed by atoms with Crippen LogP contribution >= 0.6 is 0 Å². The van der Waals surface area contributed by atoms with Crippen LogP contribution in [0.15, 0.2) is 28.7 Å². The topological polar surface area (TPSA) is 77.0 Å². The molecule has 2 rings (SSSR count). The summed E-state index contributed by atoms with van der Waals surface area (Å²) in [5.41, 5.74) is 2.71. The molecule has 0 aliphatic heterocycles. The molecule has 0 saturated heterocycles. The molecule has 0 aliphatic rings. The van der Waals surface area contributed by atoms with Crippen molar-refractivity contribution in [2.45, 2.75) is 0 Å². The molecule has 0 aliphatic carbocycles. The van der Waals surface area contributed by atoms with Gasteiger partial charge in [0.2, 0.25) is 5.89 Å². The monoisotopic (exact) mass is 194 g/mol. The number of nitrogens with one attached hydrogen (secondary N) is 1. The Kier molecular flexibility index (Phi) is 2.11. The highest BCUT2D eigenvalue weighted by atomic mass is 19.1. The number of rotatable bonds is 2. The maximum atomic E-state index is 12.8. The van der Waals surface area contributed by atoms with Gasteiger partial charge >= 0.3 is 6.01 Å². The molecule has 0 atom stereocenters. The molecule has 0 saturated carbocycles. The first kappa shape index (κ1) is 8.64. The van der Waals surface area contributed by atoms with Gasteiger partial charge in [0.15, 0.2) is 0 Å². The molecule has 14 heavy (non-hydrogen) atoms. The van der Waals surface area contributed by atoms with Crippen molar-refractivity contribution < 1.29 is 8.81 Å². The van der Waals surface area contributed by atoms with Crippen LogP contribution in [-0.4, -0.2) is 10.2 Å². The van der Waals surface area contributed by atoms with Gasteiger partial charge in [0.25, 0.3) is 0 Å². The van der Waals surface area contributed by atoms with Crippen molar-refractivity contribution in [3.63, 3.8) is 0 Å². The Morgan fingerprint density at radius 3 is 2.86 bits per heavy atom. The average molecular weight is 194 g/mol. The molecule has 5 nitrogen and oxygen atoms in total. The largest absolute Gasteiger partial charge is 0.402 e. The lowest BCUT2D eigenvalue weighted by Gasteiger charge is -1.93. The van der Waals surface area contributed by atoms with Crippen LogP contribution in [0.25, 0.3) is 11.5 Å². The van der Waals surface area contributed by atoms with E-state index in [1.165, 1.54) is 12.1 Å². The van der Waals surface area contributed by atoms with Gasteiger partial charge in [-0.15, -0.1) is 5.10 Å². The number of nitrogens with zero attached hydrogens (tertiary/aromatic N) is 2. The lowest BCUT2D eigenvalue weighted by Crippen LogP contribution is -2.06. The van der Waals surface area contributed by atoms with Crippen LogP contribution in [0.5, 0.6) is 0 Å². The Labute approximate surface area is 78.7 Å². The molecule has 0 bridgehead atoms. The molecule has 2 aromatic rings. The van der Waals surface area contributed by atoms with Crippen LogP contribution in [-0.2, 0) is 0 Å². The van der Waals surface area contributed by atoms with Crippen molar-refractivity contribution >= 4 is 6.01 Å². The van der Waals surface area contributed by atoms with E-state index in [2.05, 4.69) is 15.6 Å². The first-order chi connectivity index (χ1) is 6.79. The maximum Gasteiger partial charge on any atom is 0.330 e. The van der Waals surface area contributed by atoms with E-state index in [9.17, 15) is 4.39 Å². The van der Waals surface area contributed by atoms with Crippen LogP contribution in [0.2, 0.25) is 0 Å². The standard InChI is InChI=1S/C8H7FN4O/c9-6-3-1-2-5(4-6)7-12-13-8(11-10)14-7/h1-4H,10H2,(H,11,13). The fourth-order valence-electron chi connectivity index (χ4n) is 1.02. The molecule has 1 aromatic carbocycles. The summed E-state index contributed by atoms with van der Waals surface area (Å²) in [6, 6.07) is 5.95. The molecule has 0 spiro atoms. The van der Waals surface area contributed by atoms with Crippen molar-refractivity contribution in [1.82, 2.24) is 10.2 Å². The molecule has 0 amide bonds. The molecular formula is C8H7FN4O. The normalized spacial score (nSPS) is 10.1. The fraction of sp³-hybridized carbons (Fsp3) is 0. The summed E-state index contributed by atoms with van der Waals surface area (Å²) in [6.07, 6.45) is 0. The second-order valence-corrected chi connectivity index (χ2v) is 2.57. The van der Waals surface area contributed by atoms with E-state index in [1.807, 2.05) is 0 Å². The summed E-state index contributed by atoms with van der Waals surface area (Å²) in [6.45, 7) is 0. The predicted octanol–water partition coefficient (Wildman–Crippen LogP) is 1.16. The van der Waals surface area contributed by atoms with Gasteiger partial charge in [0.1, 0.15) is 5.82 Å². The van der Waals surface area contributed by atoms with Gasteiger partial charge in [0.05, 0.1) is 0 Å². The van der Waals surface area contributed by atoms with Crippen LogP contribution in [0.4, 0.5) is 10.4 Å². The number of anilines is 1. The van der Waals surface area contributed by atoms with Gasteiger partial charge in [-0.3, -0.25) is 5.43 Å². The zero-order chi connectivity index (χ0) is 9.97.